The van der Waals surface area contributed by atoms with Gasteiger partial charge < -0.3 is 14.0 Å². The molecule has 0 atom stereocenters. The van der Waals surface area contributed by atoms with Crippen LogP contribution in [0.3, 0.4) is 0 Å². The second-order valence-electron chi connectivity index (χ2n) is 9.21. The van der Waals surface area contributed by atoms with Gasteiger partial charge in [-0.1, -0.05) is 12.8 Å². The monoisotopic (exact) mass is 473 g/mol. The van der Waals surface area contributed by atoms with Crippen LogP contribution in [0, 0.1) is 13.8 Å². The van der Waals surface area contributed by atoms with Crippen LogP contribution in [0.25, 0.3) is 0 Å². The number of aromatic nitrogens is 1. The van der Waals surface area contributed by atoms with Gasteiger partial charge in [-0.2, -0.15) is 4.31 Å². The fraction of sp³-hybridized carbons (Fsp3) is 0.542. The number of ether oxygens (including phenoxy) is 2. The minimum Gasteiger partial charge on any atom is -0.454 e. The Hall–Kier alpha value is -2.36. The number of hydrogen-bond acceptors (Lipinski definition) is 6. The Morgan fingerprint density at radius 2 is 1.70 bits per heavy atom. The molecule has 33 heavy (non-hydrogen) atoms. The third kappa shape index (κ3) is 4.18. The summed E-state index contributed by atoms with van der Waals surface area (Å²) in [5.74, 6) is 1.12. The Kier molecular flexibility index (Phi) is 5.96. The van der Waals surface area contributed by atoms with Gasteiger partial charge in [-0.25, -0.2) is 8.42 Å². The second kappa shape index (κ2) is 8.77. The van der Waals surface area contributed by atoms with Crippen molar-refractivity contribution in [2.24, 2.45) is 0 Å². The minimum atomic E-state index is -3.62. The Balaban J connectivity index is 1.22. The Morgan fingerprint density at radius 3 is 2.42 bits per heavy atom. The van der Waals surface area contributed by atoms with Crippen molar-refractivity contribution in [2.75, 3.05) is 39.5 Å². The number of aryl methyl sites for hydroxylation is 1. The summed E-state index contributed by atoms with van der Waals surface area (Å²) < 4.78 is 40.6. The molecule has 1 aromatic carbocycles. The molecule has 0 N–H and O–H groups in total. The SMILES string of the molecule is Cc1cc(C(=O)CN2CCN(S(=O)(=O)c3ccc4c(c3)OCO4)CC2)c(C)n1C1CCCC1. The van der Waals surface area contributed by atoms with E-state index in [4.69, 9.17) is 9.47 Å². The van der Waals surface area contributed by atoms with E-state index in [2.05, 4.69) is 23.3 Å². The van der Waals surface area contributed by atoms with E-state index in [1.54, 1.807) is 12.1 Å². The van der Waals surface area contributed by atoms with Crippen molar-refractivity contribution >= 4 is 15.8 Å². The molecule has 178 valence electrons. The van der Waals surface area contributed by atoms with Crippen LogP contribution < -0.4 is 9.47 Å². The highest BCUT2D eigenvalue weighted by Gasteiger charge is 2.31. The smallest absolute Gasteiger partial charge is 0.243 e. The molecule has 0 unspecified atom stereocenters. The molecular weight excluding hydrogens is 442 g/mol. The first-order valence-electron chi connectivity index (χ1n) is 11.7. The standard InChI is InChI=1S/C24H31N3O5S/c1-17-13-21(18(2)27(17)19-5-3-4-6-19)22(28)15-25-9-11-26(12-10-25)33(29,30)20-7-8-23-24(14-20)32-16-31-23/h7-8,13-14,19H,3-6,9-12,15-16H2,1-2H3. The highest BCUT2D eigenvalue weighted by atomic mass is 32.2. The zero-order valence-electron chi connectivity index (χ0n) is 19.2. The van der Waals surface area contributed by atoms with Crippen molar-refractivity contribution in [1.29, 1.82) is 0 Å². The fourth-order valence-corrected chi connectivity index (χ4v) is 6.82. The normalized spacial score (nSPS) is 19.9. The topological polar surface area (TPSA) is 81.1 Å². The molecule has 9 heteroatoms. The van der Waals surface area contributed by atoms with Crippen LogP contribution in [0.2, 0.25) is 0 Å². The van der Waals surface area contributed by atoms with Gasteiger partial charge in [-0.3, -0.25) is 9.69 Å². The van der Waals surface area contributed by atoms with Crippen molar-refractivity contribution in [2.45, 2.75) is 50.5 Å². The van der Waals surface area contributed by atoms with Gasteiger partial charge in [0.2, 0.25) is 16.8 Å². The van der Waals surface area contributed by atoms with Crippen LogP contribution in [0.15, 0.2) is 29.2 Å². The zero-order chi connectivity index (χ0) is 23.2. The third-order valence-electron chi connectivity index (χ3n) is 7.15. The predicted molar refractivity (Wildman–Crippen MR) is 124 cm³/mol. The number of fused-ring (bicyclic) bond motifs is 1. The number of Topliss-reactive ketones (excluding diaryl/α,β-unsaturated/α-hetero) is 1. The van der Waals surface area contributed by atoms with Gasteiger partial charge in [-0.15, -0.1) is 0 Å². The quantitative estimate of drug-likeness (QED) is 0.600. The Labute approximate surface area is 195 Å². The van der Waals surface area contributed by atoms with Gasteiger partial charge in [0.1, 0.15) is 0 Å². The first-order chi connectivity index (χ1) is 15.8. The first kappa shape index (κ1) is 22.4. The lowest BCUT2D eigenvalue weighted by Gasteiger charge is -2.33. The number of carbonyl (C=O) groups excluding carboxylic acids is 1. The average molecular weight is 474 g/mol. The molecule has 0 spiro atoms. The van der Waals surface area contributed by atoms with E-state index in [1.807, 2.05) is 6.07 Å². The molecule has 2 aliphatic heterocycles. The number of carbonyl (C=O) groups is 1. The van der Waals surface area contributed by atoms with E-state index < -0.39 is 10.0 Å². The lowest BCUT2D eigenvalue weighted by molar-refractivity contribution is 0.0901. The van der Waals surface area contributed by atoms with Gasteiger partial charge in [-0.05, 0) is 44.9 Å². The van der Waals surface area contributed by atoms with Gasteiger partial charge in [0, 0.05) is 55.2 Å². The number of sulfonamides is 1. The summed E-state index contributed by atoms with van der Waals surface area (Å²) in [6, 6.07) is 7.24. The van der Waals surface area contributed by atoms with Gasteiger partial charge in [0.15, 0.2) is 17.3 Å². The fourth-order valence-electron chi connectivity index (χ4n) is 5.39. The number of nitrogens with zero attached hydrogens (tertiary/aromatic N) is 3. The Bertz CT molecular complexity index is 1160. The molecule has 0 bridgehead atoms. The largest absolute Gasteiger partial charge is 0.454 e. The highest BCUT2D eigenvalue weighted by Crippen LogP contribution is 2.35. The van der Waals surface area contributed by atoms with Crippen LogP contribution in [0.1, 0.15) is 53.5 Å². The number of hydrogen-bond donors (Lipinski definition) is 0. The molecule has 5 rings (SSSR count). The zero-order valence-corrected chi connectivity index (χ0v) is 20.1. The van der Waals surface area contributed by atoms with Gasteiger partial charge in [0.05, 0.1) is 11.4 Å². The van der Waals surface area contributed by atoms with E-state index in [0.29, 0.717) is 50.3 Å². The summed E-state index contributed by atoms with van der Waals surface area (Å²) in [7, 11) is -3.62. The minimum absolute atomic E-state index is 0.106. The molecule has 2 aromatic rings. The maximum Gasteiger partial charge on any atom is 0.243 e. The van der Waals surface area contributed by atoms with Crippen LogP contribution in [0.5, 0.6) is 11.5 Å². The summed E-state index contributed by atoms with van der Waals surface area (Å²) in [6.07, 6.45) is 4.88. The molecule has 1 saturated heterocycles. The lowest BCUT2D eigenvalue weighted by atomic mass is 10.1. The summed E-state index contributed by atoms with van der Waals surface area (Å²) in [5.41, 5.74) is 3.02. The van der Waals surface area contributed by atoms with E-state index in [-0.39, 0.29) is 17.5 Å². The Morgan fingerprint density at radius 1 is 1.00 bits per heavy atom. The number of piperazine rings is 1. The highest BCUT2D eigenvalue weighted by molar-refractivity contribution is 7.89. The molecule has 0 amide bonds. The van der Waals surface area contributed by atoms with Crippen molar-refractivity contribution in [3.05, 3.63) is 41.2 Å². The average Bonchev–Trinajstić information content (AvgIpc) is 3.54. The summed E-state index contributed by atoms with van der Waals surface area (Å²) >= 11 is 0. The maximum absolute atomic E-state index is 13.1. The molecule has 0 radical (unpaired) electrons. The third-order valence-corrected chi connectivity index (χ3v) is 9.05. The summed E-state index contributed by atoms with van der Waals surface area (Å²) in [6.45, 7) is 6.31. The lowest BCUT2D eigenvalue weighted by Crippen LogP contribution is -2.49. The van der Waals surface area contributed by atoms with Crippen LogP contribution in [0.4, 0.5) is 0 Å². The molecule has 3 heterocycles. The maximum atomic E-state index is 13.1. The van der Waals surface area contributed by atoms with E-state index in [9.17, 15) is 13.2 Å². The van der Waals surface area contributed by atoms with Crippen molar-refractivity contribution in [1.82, 2.24) is 13.8 Å². The van der Waals surface area contributed by atoms with E-state index >= 15 is 0 Å². The molecule has 1 saturated carbocycles. The van der Waals surface area contributed by atoms with Crippen LogP contribution in [-0.2, 0) is 10.0 Å². The molecule has 1 aliphatic carbocycles. The summed E-state index contributed by atoms with van der Waals surface area (Å²) in [4.78, 5) is 15.4. The molecular formula is C24H31N3O5S. The van der Waals surface area contributed by atoms with Crippen molar-refractivity contribution in [3.63, 3.8) is 0 Å². The molecule has 1 aromatic heterocycles. The van der Waals surface area contributed by atoms with Gasteiger partial charge >= 0.3 is 0 Å². The van der Waals surface area contributed by atoms with Crippen LogP contribution >= 0.6 is 0 Å². The molecule has 2 fully saturated rings. The number of benzene rings is 1. The van der Waals surface area contributed by atoms with Crippen molar-refractivity contribution in [3.8, 4) is 11.5 Å². The van der Waals surface area contributed by atoms with Crippen LogP contribution in [-0.4, -0.2) is 67.5 Å². The number of ketones is 1. The summed E-state index contributed by atoms with van der Waals surface area (Å²) in [5, 5.41) is 0. The van der Waals surface area contributed by atoms with Gasteiger partial charge in [0.25, 0.3) is 0 Å². The predicted octanol–water partition coefficient (Wildman–Crippen LogP) is 3.14. The van der Waals surface area contributed by atoms with E-state index in [1.165, 1.54) is 36.1 Å². The molecule has 3 aliphatic rings. The second-order valence-corrected chi connectivity index (χ2v) is 11.1. The van der Waals surface area contributed by atoms with Crippen molar-refractivity contribution < 1.29 is 22.7 Å². The number of rotatable bonds is 6. The first-order valence-corrected chi connectivity index (χ1v) is 13.1. The molecule has 8 nitrogen and oxygen atoms in total. The van der Waals surface area contributed by atoms with E-state index in [0.717, 1.165) is 17.0 Å².